The zero-order chi connectivity index (χ0) is 20.6. The van der Waals surface area contributed by atoms with Crippen molar-refractivity contribution in [2.24, 2.45) is 4.99 Å². The maximum absolute atomic E-state index is 12.3. The molecule has 0 aliphatic carbocycles. The third-order valence-electron chi connectivity index (χ3n) is 4.51. The second-order valence-electron chi connectivity index (χ2n) is 6.56. The molecule has 1 N–H and O–H groups in total. The number of halogens is 2. The summed E-state index contributed by atoms with van der Waals surface area (Å²) in [7, 11) is 1.61. The number of para-hydroxylation sites is 1. The number of benzodiazepines with no additional fused rings is 1. The molecule has 0 bridgehead atoms. The van der Waals surface area contributed by atoms with Crippen LogP contribution in [0.5, 0.6) is 0 Å². The monoisotopic (exact) mass is 431 g/mol. The number of methoxy groups -OCH3 is 1. The number of anilines is 1. The van der Waals surface area contributed by atoms with E-state index in [2.05, 4.69) is 10.2 Å². The highest BCUT2D eigenvalue weighted by Gasteiger charge is 2.19. The fourth-order valence-electron chi connectivity index (χ4n) is 3.08. The second kappa shape index (κ2) is 10.4. The molecule has 2 aromatic carbocycles. The molecule has 0 saturated carbocycles. The Kier molecular flexibility index (Phi) is 7.69. The standard InChI is InChI=1S/C22H23Cl2N3O2/c1-29-13-11-26-22(28)15-27-12-10-25-20(17-4-2-3-5-21(17)27)9-7-16-6-8-18(23)19(24)14-16/h2-9,14H,10-13,15H2,1H3,(H,26,28)/b9-7+. The summed E-state index contributed by atoms with van der Waals surface area (Å²) in [5.74, 6) is -0.0355. The van der Waals surface area contributed by atoms with E-state index in [0.717, 1.165) is 22.5 Å². The lowest BCUT2D eigenvalue weighted by atomic mass is 10.1. The smallest absolute Gasteiger partial charge is 0.239 e. The average Bonchev–Trinajstić information content (AvgIpc) is 2.89. The van der Waals surface area contributed by atoms with Gasteiger partial charge in [-0.05, 0) is 29.8 Å². The average molecular weight is 432 g/mol. The fourth-order valence-corrected chi connectivity index (χ4v) is 3.39. The van der Waals surface area contributed by atoms with Crippen molar-refractivity contribution >= 4 is 46.6 Å². The van der Waals surface area contributed by atoms with Crippen LogP contribution in [-0.2, 0) is 9.53 Å². The molecular weight excluding hydrogens is 409 g/mol. The topological polar surface area (TPSA) is 53.9 Å². The van der Waals surface area contributed by atoms with Gasteiger partial charge in [-0.15, -0.1) is 0 Å². The summed E-state index contributed by atoms with van der Waals surface area (Å²) in [4.78, 5) is 19.1. The van der Waals surface area contributed by atoms with E-state index in [1.54, 1.807) is 13.2 Å². The summed E-state index contributed by atoms with van der Waals surface area (Å²) in [5, 5.41) is 3.91. The zero-order valence-electron chi connectivity index (χ0n) is 16.2. The summed E-state index contributed by atoms with van der Waals surface area (Å²) in [6, 6.07) is 13.5. The molecule has 0 saturated heterocycles. The minimum Gasteiger partial charge on any atom is -0.383 e. The number of aliphatic imine (C=N–C) groups is 1. The molecule has 5 nitrogen and oxygen atoms in total. The minimum atomic E-state index is -0.0355. The Balaban J connectivity index is 1.78. The third kappa shape index (κ3) is 5.82. The molecular formula is C22H23Cl2N3O2. The molecule has 0 radical (unpaired) electrons. The molecule has 2 aromatic rings. The first kappa shape index (κ1) is 21.4. The third-order valence-corrected chi connectivity index (χ3v) is 5.25. The van der Waals surface area contributed by atoms with Crippen molar-refractivity contribution in [3.05, 3.63) is 69.7 Å². The van der Waals surface area contributed by atoms with Crippen LogP contribution < -0.4 is 10.2 Å². The highest BCUT2D eigenvalue weighted by atomic mass is 35.5. The van der Waals surface area contributed by atoms with E-state index in [1.807, 2.05) is 48.6 Å². The molecule has 152 valence electrons. The van der Waals surface area contributed by atoms with Crippen molar-refractivity contribution in [2.45, 2.75) is 0 Å². The van der Waals surface area contributed by atoms with E-state index in [4.69, 9.17) is 32.9 Å². The van der Waals surface area contributed by atoms with Gasteiger partial charge in [0.1, 0.15) is 0 Å². The van der Waals surface area contributed by atoms with E-state index in [1.165, 1.54) is 0 Å². The lowest BCUT2D eigenvalue weighted by Crippen LogP contribution is -2.39. The van der Waals surface area contributed by atoms with Crippen molar-refractivity contribution in [1.29, 1.82) is 0 Å². The maximum Gasteiger partial charge on any atom is 0.239 e. The molecule has 0 unspecified atom stereocenters. The first-order valence-electron chi connectivity index (χ1n) is 9.36. The van der Waals surface area contributed by atoms with Gasteiger partial charge in [-0.1, -0.05) is 53.5 Å². The largest absolute Gasteiger partial charge is 0.383 e. The number of carbonyl (C=O) groups excluding carboxylic acids is 1. The molecule has 0 spiro atoms. The van der Waals surface area contributed by atoms with Gasteiger partial charge in [-0.2, -0.15) is 0 Å². The van der Waals surface area contributed by atoms with E-state index < -0.39 is 0 Å². The Labute approximate surface area is 181 Å². The number of benzene rings is 2. The second-order valence-corrected chi connectivity index (χ2v) is 7.37. The van der Waals surface area contributed by atoms with Crippen LogP contribution >= 0.6 is 23.2 Å². The number of hydrogen-bond acceptors (Lipinski definition) is 4. The SMILES string of the molecule is COCCNC(=O)CN1CCN=C(/C=C/c2ccc(Cl)c(Cl)c2)c2ccccc21. The van der Waals surface area contributed by atoms with Crippen molar-refractivity contribution in [2.75, 3.05) is 44.8 Å². The summed E-state index contributed by atoms with van der Waals surface area (Å²) >= 11 is 12.1. The van der Waals surface area contributed by atoms with E-state index in [-0.39, 0.29) is 12.5 Å². The molecule has 29 heavy (non-hydrogen) atoms. The molecule has 7 heteroatoms. The quantitative estimate of drug-likeness (QED) is 0.671. The van der Waals surface area contributed by atoms with Crippen LogP contribution in [0.2, 0.25) is 10.0 Å². The van der Waals surface area contributed by atoms with Crippen molar-refractivity contribution < 1.29 is 9.53 Å². The Bertz CT molecular complexity index is 928. The predicted molar refractivity (Wildman–Crippen MR) is 120 cm³/mol. The Morgan fingerprint density at radius 2 is 2.03 bits per heavy atom. The van der Waals surface area contributed by atoms with Gasteiger partial charge >= 0.3 is 0 Å². The number of fused-ring (bicyclic) bond motifs is 1. The highest BCUT2D eigenvalue weighted by Crippen LogP contribution is 2.26. The summed E-state index contributed by atoms with van der Waals surface area (Å²) in [6.45, 7) is 2.54. The number of allylic oxidation sites excluding steroid dienone is 1. The normalized spacial score (nSPS) is 13.8. The van der Waals surface area contributed by atoms with Crippen LogP contribution in [0.15, 0.2) is 53.5 Å². The van der Waals surface area contributed by atoms with Gasteiger partial charge in [0.2, 0.25) is 5.91 Å². The number of rotatable bonds is 7. The lowest BCUT2D eigenvalue weighted by Gasteiger charge is -2.24. The van der Waals surface area contributed by atoms with Crippen LogP contribution in [0.1, 0.15) is 11.1 Å². The first-order valence-corrected chi connectivity index (χ1v) is 10.1. The molecule has 1 amide bonds. The lowest BCUT2D eigenvalue weighted by molar-refractivity contribution is -0.119. The van der Waals surface area contributed by atoms with Crippen molar-refractivity contribution in [3.8, 4) is 0 Å². The number of nitrogens with zero attached hydrogens (tertiary/aromatic N) is 2. The molecule has 1 aliphatic heterocycles. The Morgan fingerprint density at radius 3 is 2.83 bits per heavy atom. The number of carbonyl (C=O) groups is 1. The summed E-state index contributed by atoms with van der Waals surface area (Å²) < 4.78 is 4.98. The Morgan fingerprint density at radius 1 is 1.21 bits per heavy atom. The molecule has 0 fully saturated rings. The van der Waals surface area contributed by atoms with Crippen LogP contribution in [0.3, 0.4) is 0 Å². The van der Waals surface area contributed by atoms with Gasteiger partial charge < -0.3 is 15.0 Å². The predicted octanol–water partition coefficient (Wildman–Crippen LogP) is 4.08. The molecule has 3 rings (SSSR count). The number of nitrogens with one attached hydrogen (secondary N) is 1. The number of amides is 1. The van der Waals surface area contributed by atoms with E-state index >= 15 is 0 Å². The summed E-state index contributed by atoms with van der Waals surface area (Å²) in [6.07, 6.45) is 3.94. The zero-order valence-corrected chi connectivity index (χ0v) is 17.7. The van der Waals surface area contributed by atoms with Gasteiger partial charge in [0.05, 0.1) is 35.5 Å². The number of ether oxygens (including phenoxy) is 1. The highest BCUT2D eigenvalue weighted by molar-refractivity contribution is 6.42. The van der Waals surface area contributed by atoms with Crippen LogP contribution in [-0.4, -0.2) is 51.5 Å². The van der Waals surface area contributed by atoms with E-state index in [9.17, 15) is 4.79 Å². The molecule has 1 heterocycles. The minimum absolute atomic E-state index is 0.0355. The molecule has 0 atom stereocenters. The van der Waals surface area contributed by atoms with Crippen LogP contribution in [0.4, 0.5) is 5.69 Å². The fraction of sp³-hybridized carbons (Fsp3) is 0.273. The Hall–Kier alpha value is -2.34. The van der Waals surface area contributed by atoms with Crippen LogP contribution in [0, 0.1) is 0 Å². The van der Waals surface area contributed by atoms with Crippen molar-refractivity contribution in [3.63, 3.8) is 0 Å². The van der Waals surface area contributed by atoms with Gasteiger partial charge in [-0.3, -0.25) is 9.79 Å². The van der Waals surface area contributed by atoms with Gasteiger partial charge in [0, 0.05) is 31.5 Å². The van der Waals surface area contributed by atoms with Crippen LogP contribution in [0.25, 0.3) is 6.08 Å². The van der Waals surface area contributed by atoms with Gasteiger partial charge in [0.15, 0.2) is 0 Å². The molecule has 0 aromatic heterocycles. The maximum atomic E-state index is 12.3. The van der Waals surface area contributed by atoms with Crippen molar-refractivity contribution in [1.82, 2.24) is 5.32 Å². The van der Waals surface area contributed by atoms with Gasteiger partial charge in [0.25, 0.3) is 0 Å². The molecule has 1 aliphatic rings. The van der Waals surface area contributed by atoms with E-state index in [0.29, 0.717) is 36.3 Å². The number of hydrogen-bond donors (Lipinski definition) is 1. The first-order chi connectivity index (χ1) is 14.1. The summed E-state index contributed by atoms with van der Waals surface area (Å²) in [5.41, 5.74) is 3.79. The van der Waals surface area contributed by atoms with Gasteiger partial charge in [-0.25, -0.2) is 0 Å².